The van der Waals surface area contributed by atoms with E-state index in [4.69, 9.17) is 4.74 Å². The number of hydrogen-bond acceptors (Lipinski definition) is 7. The van der Waals surface area contributed by atoms with Gasteiger partial charge in [-0.3, -0.25) is 24.1 Å². The molecule has 1 heterocycles. The fourth-order valence-electron chi connectivity index (χ4n) is 2.72. The number of ether oxygens (including phenoxy) is 2. The Morgan fingerprint density at radius 1 is 1.13 bits per heavy atom. The van der Waals surface area contributed by atoms with Crippen LogP contribution in [0.5, 0.6) is 5.75 Å². The number of imide groups is 1. The molecule has 0 spiro atoms. The fraction of sp³-hybridized carbons (Fsp3) is 0.182. The first-order valence-corrected chi connectivity index (χ1v) is 10.1. The van der Waals surface area contributed by atoms with Crippen LogP contribution >= 0.6 is 11.8 Å². The lowest BCUT2D eigenvalue weighted by molar-refractivity contribution is -0.143. The molecule has 0 radical (unpaired) electrons. The van der Waals surface area contributed by atoms with Crippen molar-refractivity contribution in [1.82, 2.24) is 4.90 Å². The van der Waals surface area contributed by atoms with Crippen molar-refractivity contribution in [2.24, 2.45) is 0 Å². The SMILES string of the molecule is COC(=O)CN1C(=O)S/C(=C\c2cccc(OCC(=O)Nc3ccccc3C)c2)C1=O. The lowest BCUT2D eigenvalue weighted by atomic mass is 10.2. The van der Waals surface area contributed by atoms with Crippen LogP contribution in [0.1, 0.15) is 11.1 Å². The highest BCUT2D eigenvalue weighted by Crippen LogP contribution is 2.32. The quantitative estimate of drug-likeness (QED) is 0.521. The molecule has 1 fully saturated rings. The van der Waals surface area contributed by atoms with E-state index in [-0.39, 0.29) is 17.4 Å². The number of carbonyl (C=O) groups excluding carboxylic acids is 4. The lowest BCUT2D eigenvalue weighted by Crippen LogP contribution is -2.34. The van der Waals surface area contributed by atoms with Crippen molar-refractivity contribution in [3.8, 4) is 5.75 Å². The molecule has 0 aromatic heterocycles. The Kier molecular flexibility index (Phi) is 7.09. The summed E-state index contributed by atoms with van der Waals surface area (Å²) < 4.78 is 10.1. The van der Waals surface area contributed by atoms with E-state index in [2.05, 4.69) is 10.1 Å². The second-order valence-corrected chi connectivity index (χ2v) is 7.56. The van der Waals surface area contributed by atoms with Crippen molar-refractivity contribution >= 4 is 46.5 Å². The zero-order valence-electron chi connectivity index (χ0n) is 16.9. The molecule has 1 saturated heterocycles. The molecule has 3 amide bonds. The van der Waals surface area contributed by atoms with Crippen LogP contribution in [0.2, 0.25) is 0 Å². The largest absolute Gasteiger partial charge is 0.484 e. The van der Waals surface area contributed by atoms with Crippen LogP contribution in [0.3, 0.4) is 0 Å². The zero-order valence-corrected chi connectivity index (χ0v) is 17.7. The number of aryl methyl sites for hydroxylation is 1. The molecule has 9 heteroatoms. The Morgan fingerprint density at radius 3 is 2.65 bits per heavy atom. The summed E-state index contributed by atoms with van der Waals surface area (Å²) >= 11 is 0.742. The minimum absolute atomic E-state index is 0.184. The third-order valence-electron chi connectivity index (χ3n) is 4.33. The van der Waals surface area contributed by atoms with Crippen molar-refractivity contribution in [2.75, 3.05) is 25.6 Å². The Hall–Kier alpha value is -3.59. The zero-order chi connectivity index (χ0) is 22.4. The van der Waals surface area contributed by atoms with E-state index in [1.165, 1.54) is 13.2 Å². The molecule has 2 aromatic carbocycles. The van der Waals surface area contributed by atoms with Gasteiger partial charge in [-0.2, -0.15) is 0 Å². The number of rotatable bonds is 7. The van der Waals surface area contributed by atoms with Gasteiger partial charge in [0.1, 0.15) is 12.3 Å². The third kappa shape index (κ3) is 5.73. The molecule has 0 unspecified atom stereocenters. The Bertz CT molecular complexity index is 1070. The minimum atomic E-state index is -0.678. The monoisotopic (exact) mass is 440 g/mol. The van der Waals surface area contributed by atoms with Gasteiger partial charge in [0.15, 0.2) is 6.61 Å². The predicted molar refractivity (Wildman–Crippen MR) is 116 cm³/mol. The third-order valence-corrected chi connectivity index (χ3v) is 5.24. The number of nitrogens with zero attached hydrogens (tertiary/aromatic N) is 1. The molecule has 1 N–H and O–H groups in total. The highest BCUT2D eigenvalue weighted by molar-refractivity contribution is 8.18. The number of methoxy groups -OCH3 is 1. The highest BCUT2D eigenvalue weighted by atomic mass is 32.2. The number of amides is 3. The van der Waals surface area contributed by atoms with Gasteiger partial charge in [-0.15, -0.1) is 0 Å². The molecular weight excluding hydrogens is 420 g/mol. The number of hydrogen-bond donors (Lipinski definition) is 1. The molecule has 8 nitrogen and oxygen atoms in total. The number of thioether (sulfide) groups is 1. The first kappa shape index (κ1) is 22.1. The van der Waals surface area contributed by atoms with E-state index < -0.39 is 23.7 Å². The van der Waals surface area contributed by atoms with Gasteiger partial charge < -0.3 is 14.8 Å². The van der Waals surface area contributed by atoms with Crippen molar-refractivity contribution in [2.45, 2.75) is 6.92 Å². The maximum Gasteiger partial charge on any atom is 0.325 e. The smallest absolute Gasteiger partial charge is 0.325 e. The van der Waals surface area contributed by atoms with Gasteiger partial charge in [0, 0.05) is 5.69 Å². The molecule has 31 heavy (non-hydrogen) atoms. The summed E-state index contributed by atoms with van der Waals surface area (Å²) in [4.78, 5) is 49.0. The summed E-state index contributed by atoms with van der Waals surface area (Å²) in [6.45, 7) is 1.28. The van der Waals surface area contributed by atoms with E-state index in [0.717, 1.165) is 22.2 Å². The van der Waals surface area contributed by atoms with Crippen molar-refractivity contribution in [3.05, 3.63) is 64.6 Å². The summed E-state index contributed by atoms with van der Waals surface area (Å²) in [5.41, 5.74) is 2.27. The summed E-state index contributed by atoms with van der Waals surface area (Å²) in [5, 5.41) is 2.25. The van der Waals surface area contributed by atoms with E-state index in [0.29, 0.717) is 17.0 Å². The number of esters is 1. The summed E-state index contributed by atoms with van der Waals surface area (Å²) in [6.07, 6.45) is 1.53. The molecule has 0 atom stereocenters. The standard InChI is InChI=1S/C22H20N2O6S/c1-14-6-3-4-9-17(14)23-19(25)13-30-16-8-5-7-15(10-16)11-18-21(27)24(22(28)31-18)12-20(26)29-2/h3-11H,12-13H2,1-2H3,(H,23,25)/b18-11-. The van der Waals surface area contributed by atoms with Crippen molar-refractivity contribution in [1.29, 1.82) is 0 Å². The Labute approximate surface area is 183 Å². The van der Waals surface area contributed by atoms with Crippen LogP contribution in [0.4, 0.5) is 10.5 Å². The van der Waals surface area contributed by atoms with E-state index in [1.54, 1.807) is 30.3 Å². The number of para-hydroxylation sites is 1. The summed E-state index contributed by atoms with van der Waals surface area (Å²) in [7, 11) is 1.18. The molecule has 1 aliphatic rings. The number of anilines is 1. The molecular formula is C22H20N2O6S. The summed E-state index contributed by atoms with van der Waals surface area (Å²) in [6, 6.07) is 14.2. The number of carbonyl (C=O) groups is 4. The first-order valence-electron chi connectivity index (χ1n) is 9.28. The van der Waals surface area contributed by atoms with Crippen LogP contribution in [-0.2, 0) is 19.1 Å². The Morgan fingerprint density at radius 2 is 1.90 bits per heavy atom. The van der Waals surface area contributed by atoms with E-state index in [9.17, 15) is 19.2 Å². The molecule has 2 aromatic rings. The normalized spacial score (nSPS) is 14.6. The highest BCUT2D eigenvalue weighted by Gasteiger charge is 2.36. The predicted octanol–water partition coefficient (Wildman–Crippen LogP) is 3.22. The van der Waals surface area contributed by atoms with E-state index >= 15 is 0 Å². The van der Waals surface area contributed by atoms with E-state index in [1.807, 2.05) is 25.1 Å². The molecule has 0 saturated carbocycles. The average molecular weight is 440 g/mol. The maximum absolute atomic E-state index is 12.4. The van der Waals surface area contributed by atoms with Crippen LogP contribution in [-0.4, -0.2) is 48.2 Å². The number of benzene rings is 2. The topological polar surface area (TPSA) is 102 Å². The van der Waals surface area contributed by atoms with Crippen LogP contribution in [0.15, 0.2) is 53.4 Å². The Balaban J connectivity index is 1.63. The van der Waals surface area contributed by atoms with Gasteiger partial charge >= 0.3 is 5.97 Å². The van der Waals surface area contributed by atoms with Crippen LogP contribution in [0.25, 0.3) is 6.08 Å². The van der Waals surface area contributed by atoms with Crippen molar-refractivity contribution in [3.63, 3.8) is 0 Å². The first-order chi connectivity index (χ1) is 14.9. The second kappa shape index (κ2) is 9.94. The minimum Gasteiger partial charge on any atom is -0.484 e. The van der Waals surface area contributed by atoms with Gasteiger partial charge in [-0.25, -0.2) is 0 Å². The second-order valence-electron chi connectivity index (χ2n) is 6.57. The molecule has 1 aliphatic heterocycles. The maximum atomic E-state index is 12.4. The van der Waals surface area contributed by atoms with Crippen LogP contribution in [0, 0.1) is 6.92 Å². The summed E-state index contributed by atoms with van der Waals surface area (Å²) in [5.74, 6) is -1.11. The van der Waals surface area contributed by atoms with Crippen molar-refractivity contribution < 1.29 is 28.7 Å². The van der Waals surface area contributed by atoms with Gasteiger partial charge in [0.2, 0.25) is 0 Å². The molecule has 160 valence electrons. The van der Waals surface area contributed by atoms with Crippen LogP contribution < -0.4 is 10.1 Å². The molecule has 0 aliphatic carbocycles. The molecule has 3 rings (SSSR count). The van der Waals surface area contributed by atoms with Gasteiger partial charge in [-0.05, 0) is 54.1 Å². The molecule has 0 bridgehead atoms. The van der Waals surface area contributed by atoms with Gasteiger partial charge in [-0.1, -0.05) is 30.3 Å². The van der Waals surface area contributed by atoms with Gasteiger partial charge in [0.25, 0.3) is 17.1 Å². The fourth-order valence-corrected chi connectivity index (χ4v) is 3.56. The lowest BCUT2D eigenvalue weighted by Gasteiger charge is -2.10. The average Bonchev–Trinajstić information content (AvgIpc) is 3.01. The number of nitrogens with one attached hydrogen (secondary N) is 1. The van der Waals surface area contributed by atoms with Gasteiger partial charge in [0.05, 0.1) is 12.0 Å².